The molecule has 0 bridgehead atoms. The van der Waals surface area contributed by atoms with E-state index in [0.29, 0.717) is 6.42 Å². The molecule has 0 spiro atoms. The number of aromatic nitrogens is 2. The van der Waals surface area contributed by atoms with Gasteiger partial charge in [-0.2, -0.15) is 0 Å². The molecule has 0 fully saturated rings. The van der Waals surface area contributed by atoms with Crippen molar-refractivity contribution in [3.63, 3.8) is 0 Å². The molecule has 5 nitrogen and oxygen atoms in total. The van der Waals surface area contributed by atoms with E-state index in [1.807, 2.05) is 6.07 Å². The molecule has 1 amide bonds. The zero-order valence-corrected chi connectivity index (χ0v) is 9.82. The summed E-state index contributed by atoms with van der Waals surface area (Å²) in [6, 6.07) is 1.93. The van der Waals surface area contributed by atoms with Gasteiger partial charge in [-0.3, -0.25) is 9.63 Å². The largest absolute Gasteiger partial charge is 0.275 e. The number of fused-ring (bicyclic) bond motifs is 1. The van der Waals surface area contributed by atoms with Crippen molar-refractivity contribution in [1.82, 2.24) is 15.0 Å². The van der Waals surface area contributed by atoms with Crippen molar-refractivity contribution in [3.8, 4) is 0 Å². The van der Waals surface area contributed by atoms with Gasteiger partial charge in [0.25, 0.3) is 5.91 Å². The standard InChI is InChI=1S/C10H11N3O2S/c1-13(15-2)9(14)4-8-3-7-5-11-6-12-10(7)16-8/h3,5-6H,4H2,1-2H3. The van der Waals surface area contributed by atoms with E-state index in [-0.39, 0.29) is 5.91 Å². The second-order valence-electron chi connectivity index (χ2n) is 3.25. The van der Waals surface area contributed by atoms with Crippen LogP contribution in [-0.2, 0) is 16.1 Å². The van der Waals surface area contributed by atoms with E-state index in [4.69, 9.17) is 4.84 Å². The maximum Gasteiger partial charge on any atom is 0.251 e. The predicted molar refractivity (Wildman–Crippen MR) is 60.9 cm³/mol. The lowest BCUT2D eigenvalue weighted by atomic mass is 10.3. The van der Waals surface area contributed by atoms with Crippen molar-refractivity contribution >= 4 is 27.5 Å². The van der Waals surface area contributed by atoms with Gasteiger partial charge >= 0.3 is 0 Å². The molecule has 0 aromatic carbocycles. The SMILES string of the molecule is CON(C)C(=O)Cc1cc2cncnc2s1. The molecule has 0 aliphatic rings. The molecule has 0 atom stereocenters. The summed E-state index contributed by atoms with van der Waals surface area (Å²) in [5, 5.41) is 2.19. The second kappa shape index (κ2) is 4.54. The van der Waals surface area contributed by atoms with Gasteiger partial charge in [-0.15, -0.1) is 11.3 Å². The Morgan fingerprint density at radius 1 is 1.62 bits per heavy atom. The normalized spacial score (nSPS) is 10.6. The fourth-order valence-electron chi connectivity index (χ4n) is 1.29. The molecule has 0 saturated heterocycles. The third kappa shape index (κ3) is 2.17. The van der Waals surface area contributed by atoms with Crippen LogP contribution in [0.5, 0.6) is 0 Å². The summed E-state index contributed by atoms with van der Waals surface area (Å²) in [5.41, 5.74) is 0. The number of hydrogen-bond acceptors (Lipinski definition) is 5. The van der Waals surface area contributed by atoms with E-state index < -0.39 is 0 Å². The van der Waals surface area contributed by atoms with E-state index in [1.165, 1.54) is 29.8 Å². The first kappa shape index (κ1) is 11.0. The van der Waals surface area contributed by atoms with Gasteiger partial charge in [0.15, 0.2) is 0 Å². The number of nitrogens with zero attached hydrogens (tertiary/aromatic N) is 3. The number of amides is 1. The van der Waals surface area contributed by atoms with Crippen LogP contribution in [0.15, 0.2) is 18.6 Å². The van der Waals surface area contributed by atoms with Crippen LogP contribution in [0, 0.1) is 0 Å². The molecular weight excluding hydrogens is 226 g/mol. The van der Waals surface area contributed by atoms with Crippen LogP contribution in [-0.4, -0.2) is 35.1 Å². The summed E-state index contributed by atoms with van der Waals surface area (Å²) >= 11 is 1.50. The molecule has 2 aromatic rings. The van der Waals surface area contributed by atoms with Crippen LogP contribution in [0.4, 0.5) is 0 Å². The molecular formula is C10H11N3O2S. The average molecular weight is 237 g/mol. The van der Waals surface area contributed by atoms with Crippen LogP contribution >= 0.6 is 11.3 Å². The van der Waals surface area contributed by atoms with Crippen LogP contribution in [0.2, 0.25) is 0 Å². The predicted octanol–water partition coefficient (Wildman–Crippen LogP) is 1.25. The second-order valence-corrected chi connectivity index (χ2v) is 4.36. The first-order chi connectivity index (χ1) is 7.70. The van der Waals surface area contributed by atoms with Crippen molar-refractivity contribution in [3.05, 3.63) is 23.5 Å². The Kier molecular flexibility index (Phi) is 3.12. The van der Waals surface area contributed by atoms with Gasteiger partial charge in [0.05, 0.1) is 13.5 Å². The van der Waals surface area contributed by atoms with Gasteiger partial charge in [-0.25, -0.2) is 15.0 Å². The maximum atomic E-state index is 11.6. The fourth-order valence-corrected chi connectivity index (χ4v) is 2.25. The van der Waals surface area contributed by atoms with Gasteiger partial charge in [-0.05, 0) is 6.07 Å². The molecule has 0 aliphatic heterocycles. The lowest BCUT2D eigenvalue weighted by molar-refractivity contribution is -0.167. The van der Waals surface area contributed by atoms with Crippen LogP contribution in [0.1, 0.15) is 4.88 Å². The minimum absolute atomic E-state index is 0.0815. The number of carbonyl (C=O) groups excluding carboxylic acids is 1. The zero-order chi connectivity index (χ0) is 11.5. The Hall–Kier alpha value is -1.53. The fraction of sp³-hybridized carbons (Fsp3) is 0.300. The van der Waals surface area contributed by atoms with Gasteiger partial charge < -0.3 is 0 Å². The third-order valence-electron chi connectivity index (χ3n) is 2.20. The van der Waals surface area contributed by atoms with Gasteiger partial charge in [0, 0.05) is 23.5 Å². The van der Waals surface area contributed by atoms with E-state index in [2.05, 4.69) is 9.97 Å². The summed E-state index contributed by atoms with van der Waals surface area (Å²) in [6.45, 7) is 0. The molecule has 0 N–H and O–H groups in total. The van der Waals surface area contributed by atoms with Crippen LogP contribution in [0.25, 0.3) is 10.2 Å². The zero-order valence-electron chi connectivity index (χ0n) is 9.01. The van der Waals surface area contributed by atoms with Crippen molar-refractivity contribution in [2.45, 2.75) is 6.42 Å². The summed E-state index contributed by atoms with van der Waals surface area (Å²) in [7, 11) is 3.06. The first-order valence-corrected chi connectivity index (χ1v) is 5.51. The summed E-state index contributed by atoms with van der Waals surface area (Å²) in [4.78, 5) is 26.3. The molecule has 0 saturated carbocycles. The average Bonchev–Trinajstić information content (AvgIpc) is 2.69. The van der Waals surface area contributed by atoms with Crippen molar-refractivity contribution in [1.29, 1.82) is 0 Å². The monoisotopic (exact) mass is 237 g/mol. The molecule has 84 valence electrons. The lowest BCUT2D eigenvalue weighted by Gasteiger charge is -2.12. The number of rotatable bonds is 3. The minimum Gasteiger partial charge on any atom is -0.275 e. The van der Waals surface area contributed by atoms with E-state index in [9.17, 15) is 4.79 Å². The van der Waals surface area contributed by atoms with E-state index in [1.54, 1.807) is 13.2 Å². The number of hydrogen-bond donors (Lipinski definition) is 0. The highest BCUT2D eigenvalue weighted by Crippen LogP contribution is 2.23. The highest BCUT2D eigenvalue weighted by molar-refractivity contribution is 7.18. The molecule has 2 rings (SSSR count). The molecule has 6 heteroatoms. The molecule has 2 aromatic heterocycles. The number of likely N-dealkylation sites (N-methyl/N-ethyl adjacent to an activating group) is 1. The van der Waals surface area contributed by atoms with Crippen LogP contribution < -0.4 is 0 Å². The summed E-state index contributed by atoms with van der Waals surface area (Å²) in [6.07, 6.45) is 3.57. The molecule has 2 heterocycles. The Morgan fingerprint density at radius 3 is 3.12 bits per heavy atom. The number of carbonyl (C=O) groups is 1. The lowest BCUT2D eigenvalue weighted by Crippen LogP contribution is -2.26. The topological polar surface area (TPSA) is 55.3 Å². The maximum absolute atomic E-state index is 11.6. The Bertz CT molecular complexity index is 478. The van der Waals surface area contributed by atoms with E-state index in [0.717, 1.165) is 15.1 Å². The molecule has 16 heavy (non-hydrogen) atoms. The van der Waals surface area contributed by atoms with Gasteiger partial charge in [0.1, 0.15) is 11.2 Å². The number of hydroxylamine groups is 2. The smallest absolute Gasteiger partial charge is 0.251 e. The van der Waals surface area contributed by atoms with Gasteiger partial charge in [-0.1, -0.05) is 0 Å². The minimum atomic E-state index is -0.0815. The van der Waals surface area contributed by atoms with E-state index >= 15 is 0 Å². The van der Waals surface area contributed by atoms with Crippen LogP contribution in [0.3, 0.4) is 0 Å². The molecule has 0 aliphatic carbocycles. The summed E-state index contributed by atoms with van der Waals surface area (Å²) < 4.78 is 0. The molecule has 0 unspecified atom stereocenters. The highest BCUT2D eigenvalue weighted by atomic mass is 32.1. The first-order valence-electron chi connectivity index (χ1n) is 4.70. The van der Waals surface area contributed by atoms with Crippen molar-refractivity contribution < 1.29 is 9.63 Å². The Balaban J connectivity index is 2.18. The molecule has 0 radical (unpaired) electrons. The van der Waals surface area contributed by atoms with Crippen molar-refractivity contribution in [2.24, 2.45) is 0 Å². The highest BCUT2D eigenvalue weighted by Gasteiger charge is 2.11. The Morgan fingerprint density at radius 2 is 2.44 bits per heavy atom. The van der Waals surface area contributed by atoms with Gasteiger partial charge in [0.2, 0.25) is 0 Å². The number of thiophene rings is 1. The van der Waals surface area contributed by atoms with Crippen molar-refractivity contribution in [2.75, 3.05) is 14.2 Å². The Labute approximate surface area is 96.6 Å². The quantitative estimate of drug-likeness (QED) is 0.754. The summed E-state index contributed by atoms with van der Waals surface area (Å²) in [5.74, 6) is -0.0815. The third-order valence-corrected chi connectivity index (χ3v) is 3.26.